The van der Waals surface area contributed by atoms with Crippen molar-refractivity contribution in [3.05, 3.63) is 64.2 Å². The summed E-state index contributed by atoms with van der Waals surface area (Å²) in [5.41, 5.74) is 1.10. The predicted octanol–water partition coefficient (Wildman–Crippen LogP) is 3.17. The quantitative estimate of drug-likeness (QED) is 0.656. The SMILES string of the molecule is COc1ccc(CCC(=O)Nc2ccccc2[N+](=O)[O-])cc1. The number of nitrogens with zero attached hydrogens (tertiary/aromatic N) is 1. The third-order valence-electron chi connectivity index (χ3n) is 3.17. The summed E-state index contributed by atoms with van der Waals surface area (Å²) in [6.07, 6.45) is 0.800. The highest BCUT2D eigenvalue weighted by molar-refractivity contribution is 5.93. The maximum Gasteiger partial charge on any atom is 0.292 e. The molecule has 0 atom stereocenters. The molecular formula is C16H16N2O4. The maximum absolute atomic E-state index is 11.9. The molecule has 0 aliphatic rings. The number of hydrogen-bond acceptors (Lipinski definition) is 4. The lowest BCUT2D eigenvalue weighted by Crippen LogP contribution is -2.13. The summed E-state index contributed by atoms with van der Waals surface area (Å²) in [5.74, 6) is 0.498. The summed E-state index contributed by atoms with van der Waals surface area (Å²) < 4.78 is 5.07. The molecular weight excluding hydrogens is 284 g/mol. The van der Waals surface area contributed by atoms with Crippen molar-refractivity contribution >= 4 is 17.3 Å². The number of methoxy groups -OCH3 is 1. The Bertz CT molecular complexity index is 668. The summed E-state index contributed by atoms with van der Waals surface area (Å²) in [6, 6.07) is 13.5. The molecule has 2 aromatic rings. The van der Waals surface area contributed by atoms with Crippen molar-refractivity contribution in [1.82, 2.24) is 0 Å². The van der Waals surface area contributed by atoms with Crippen LogP contribution in [0, 0.1) is 10.1 Å². The highest BCUT2D eigenvalue weighted by atomic mass is 16.6. The van der Waals surface area contributed by atoms with Crippen molar-refractivity contribution in [1.29, 1.82) is 0 Å². The number of nitro groups is 1. The van der Waals surface area contributed by atoms with Gasteiger partial charge in [0.05, 0.1) is 12.0 Å². The second-order valence-electron chi connectivity index (χ2n) is 4.67. The average molecular weight is 300 g/mol. The van der Waals surface area contributed by atoms with E-state index in [2.05, 4.69) is 5.32 Å². The number of aryl methyl sites for hydroxylation is 1. The van der Waals surface area contributed by atoms with Crippen LogP contribution in [0.5, 0.6) is 5.75 Å². The summed E-state index contributed by atoms with van der Waals surface area (Å²) in [6.45, 7) is 0. The van der Waals surface area contributed by atoms with Gasteiger partial charge in [0, 0.05) is 12.5 Å². The summed E-state index contributed by atoms with van der Waals surface area (Å²) in [4.78, 5) is 22.3. The highest BCUT2D eigenvalue weighted by Gasteiger charge is 2.14. The molecule has 0 unspecified atom stereocenters. The van der Waals surface area contributed by atoms with Gasteiger partial charge in [0.15, 0.2) is 0 Å². The molecule has 0 spiro atoms. The number of anilines is 1. The van der Waals surface area contributed by atoms with Crippen LogP contribution in [0.3, 0.4) is 0 Å². The molecule has 22 heavy (non-hydrogen) atoms. The van der Waals surface area contributed by atoms with Gasteiger partial charge in [-0.05, 0) is 30.2 Å². The van der Waals surface area contributed by atoms with E-state index in [0.717, 1.165) is 11.3 Å². The van der Waals surface area contributed by atoms with Crippen LogP contribution in [-0.4, -0.2) is 17.9 Å². The fourth-order valence-corrected chi connectivity index (χ4v) is 2.00. The Morgan fingerprint density at radius 2 is 1.86 bits per heavy atom. The zero-order chi connectivity index (χ0) is 15.9. The van der Waals surface area contributed by atoms with Crippen LogP contribution in [0.15, 0.2) is 48.5 Å². The fraction of sp³-hybridized carbons (Fsp3) is 0.188. The van der Waals surface area contributed by atoms with Gasteiger partial charge in [-0.25, -0.2) is 0 Å². The minimum absolute atomic E-state index is 0.111. The molecule has 0 bridgehead atoms. The molecule has 2 rings (SSSR count). The van der Waals surface area contributed by atoms with E-state index in [4.69, 9.17) is 4.74 Å². The molecule has 114 valence electrons. The van der Waals surface area contributed by atoms with Gasteiger partial charge in [-0.2, -0.15) is 0 Å². The minimum atomic E-state index is -0.515. The van der Waals surface area contributed by atoms with Gasteiger partial charge in [0.2, 0.25) is 5.91 Å². The minimum Gasteiger partial charge on any atom is -0.497 e. The van der Waals surface area contributed by atoms with Gasteiger partial charge in [-0.1, -0.05) is 24.3 Å². The van der Waals surface area contributed by atoms with Crippen molar-refractivity contribution in [2.45, 2.75) is 12.8 Å². The number of hydrogen-bond donors (Lipinski definition) is 1. The van der Waals surface area contributed by atoms with Crippen LogP contribution in [0.1, 0.15) is 12.0 Å². The van der Waals surface area contributed by atoms with Crippen molar-refractivity contribution in [3.8, 4) is 5.75 Å². The Labute approximate surface area is 127 Å². The van der Waals surface area contributed by atoms with Crippen molar-refractivity contribution in [2.75, 3.05) is 12.4 Å². The van der Waals surface area contributed by atoms with Crippen LogP contribution in [0.4, 0.5) is 11.4 Å². The molecule has 1 N–H and O–H groups in total. The summed E-state index contributed by atoms with van der Waals surface area (Å²) in [7, 11) is 1.59. The Morgan fingerprint density at radius 1 is 1.18 bits per heavy atom. The lowest BCUT2D eigenvalue weighted by molar-refractivity contribution is -0.383. The van der Waals surface area contributed by atoms with Crippen molar-refractivity contribution in [2.24, 2.45) is 0 Å². The van der Waals surface area contributed by atoms with E-state index in [1.54, 1.807) is 19.2 Å². The van der Waals surface area contributed by atoms with Gasteiger partial charge < -0.3 is 10.1 Å². The van der Waals surface area contributed by atoms with E-state index < -0.39 is 4.92 Å². The first kappa shape index (κ1) is 15.5. The highest BCUT2D eigenvalue weighted by Crippen LogP contribution is 2.23. The molecule has 1 amide bonds. The molecule has 0 fully saturated rings. The fourth-order valence-electron chi connectivity index (χ4n) is 2.00. The predicted molar refractivity (Wildman–Crippen MR) is 83.0 cm³/mol. The molecule has 6 heteroatoms. The third kappa shape index (κ3) is 4.05. The topological polar surface area (TPSA) is 81.5 Å². The molecule has 0 saturated carbocycles. The van der Waals surface area contributed by atoms with Crippen LogP contribution in [0.2, 0.25) is 0 Å². The number of nitro benzene ring substituents is 1. The number of carbonyl (C=O) groups excluding carboxylic acids is 1. The van der Waals surface area contributed by atoms with E-state index in [0.29, 0.717) is 6.42 Å². The Morgan fingerprint density at radius 3 is 2.50 bits per heavy atom. The van der Waals surface area contributed by atoms with E-state index in [1.165, 1.54) is 12.1 Å². The molecule has 6 nitrogen and oxygen atoms in total. The molecule has 2 aromatic carbocycles. The van der Waals surface area contributed by atoms with E-state index in [1.807, 2.05) is 24.3 Å². The summed E-state index contributed by atoms with van der Waals surface area (Å²) >= 11 is 0. The number of nitrogens with one attached hydrogen (secondary N) is 1. The Balaban J connectivity index is 1.94. The maximum atomic E-state index is 11.9. The normalized spacial score (nSPS) is 10.0. The molecule has 0 aliphatic heterocycles. The first-order chi connectivity index (χ1) is 10.6. The molecule has 0 heterocycles. The lowest BCUT2D eigenvalue weighted by atomic mass is 10.1. The van der Waals surface area contributed by atoms with E-state index in [-0.39, 0.29) is 23.7 Å². The second kappa shape index (κ2) is 7.21. The molecule has 0 radical (unpaired) electrons. The monoisotopic (exact) mass is 300 g/mol. The Hall–Kier alpha value is -2.89. The Kier molecular flexibility index (Phi) is 5.08. The van der Waals surface area contributed by atoms with Crippen molar-refractivity contribution in [3.63, 3.8) is 0 Å². The van der Waals surface area contributed by atoms with Crippen LogP contribution in [-0.2, 0) is 11.2 Å². The number of ether oxygens (including phenoxy) is 1. The van der Waals surface area contributed by atoms with Gasteiger partial charge >= 0.3 is 0 Å². The lowest BCUT2D eigenvalue weighted by Gasteiger charge is -2.06. The van der Waals surface area contributed by atoms with Gasteiger partial charge in [0.1, 0.15) is 11.4 Å². The van der Waals surface area contributed by atoms with Crippen LogP contribution >= 0.6 is 0 Å². The first-order valence-corrected chi connectivity index (χ1v) is 6.76. The standard InChI is InChI=1S/C16H16N2O4/c1-22-13-9-6-12(7-10-13)8-11-16(19)17-14-4-2-3-5-15(14)18(20)21/h2-7,9-10H,8,11H2,1H3,(H,17,19). The zero-order valence-electron chi connectivity index (χ0n) is 12.1. The largest absolute Gasteiger partial charge is 0.497 e. The number of benzene rings is 2. The number of carbonyl (C=O) groups is 1. The number of amides is 1. The van der Waals surface area contributed by atoms with Gasteiger partial charge in [0.25, 0.3) is 5.69 Å². The smallest absolute Gasteiger partial charge is 0.292 e. The van der Waals surface area contributed by atoms with Gasteiger partial charge in [-0.15, -0.1) is 0 Å². The molecule has 0 saturated heterocycles. The van der Waals surface area contributed by atoms with Crippen LogP contribution in [0.25, 0.3) is 0 Å². The number of para-hydroxylation sites is 2. The van der Waals surface area contributed by atoms with E-state index in [9.17, 15) is 14.9 Å². The van der Waals surface area contributed by atoms with Crippen LogP contribution < -0.4 is 10.1 Å². The molecule has 0 aliphatic carbocycles. The zero-order valence-corrected chi connectivity index (χ0v) is 12.1. The second-order valence-corrected chi connectivity index (χ2v) is 4.67. The van der Waals surface area contributed by atoms with Crippen molar-refractivity contribution < 1.29 is 14.5 Å². The van der Waals surface area contributed by atoms with Gasteiger partial charge in [-0.3, -0.25) is 14.9 Å². The third-order valence-corrected chi connectivity index (χ3v) is 3.17. The number of rotatable bonds is 6. The summed E-state index contributed by atoms with van der Waals surface area (Å²) in [5, 5.41) is 13.5. The molecule has 0 aromatic heterocycles. The van der Waals surface area contributed by atoms with E-state index >= 15 is 0 Å². The first-order valence-electron chi connectivity index (χ1n) is 6.76. The average Bonchev–Trinajstić information content (AvgIpc) is 2.53.